The summed E-state index contributed by atoms with van der Waals surface area (Å²) in [6.45, 7) is 21.2. The number of rotatable bonds is 8. The second kappa shape index (κ2) is 8.35. The Labute approximate surface area is 127 Å². The summed E-state index contributed by atoms with van der Waals surface area (Å²) in [6, 6.07) is 1.33. The molecule has 0 aromatic heterocycles. The van der Waals surface area contributed by atoms with Gasteiger partial charge in [0.05, 0.1) is 0 Å². The number of nitrogens with one attached hydrogen (secondary N) is 1. The predicted octanol–water partition coefficient (Wildman–Crippen LogP) is 2.82. The van der Waals surface area contributed by atoms with Crippen LogP contribution in [0.1, 0.15) is 54.4 Å². The minimum absolute atomic E-state index is 0.406. The van der Waals surface area contributed by atoms with Gasteiger partial charge in [0.2, 0.25) is 0 Å². The number of hydrogen-bond donors (Lipinski definition) is 1. The zero-order valence-electron chi connectivity index (χ0n) is 14.7. The van der Waals surface area contributed by atoms with Crippen molar-refractivity contribution in [1.82, 2.24) is 15.1 Å². The lowest BCUT2D eigenvalue weighted by Crippen LogP contribution is -2.53. The van der Waals surface area contributed by atoms with Crippen molar-refractivity contribution < 1.29 is 0 Å². The molecule has 0 saturated carbocycles. The highest BCUT2D eigenvalue weighted by Gasteiger charge is 2.28. The van der Waals surface area contributed by atoms with E-state index >= 15 is 0 Å². The van der Waals surface area contributed by atoms with Gasteiger partial charge in [-0.15, -0.1) is 0 Å². The van der Waals surface area contributed by atoms with E-state index in [-0.39, 0.29) is 0 Å². The first-order valence-electron chi connectivity index (χ1n) is 8.60. The highest BCUT2D eigenvalue weighted by atomic mass is 15.3. The van der Waals surface area contributed by atoms with E-state index in [1.165, 1.54) is 45.6 Å². The SMILES string of the molecule is CCC(C)N1CCN(CC(C)(CC)CNC(C)C)CC1. The minimum atomic E-state index is 0.406. The van der Waals surface area contributed by atoms with Gasteiger partial charge in [-0.1, -0.05) is 34.6 Å². The van der Waals surface area contributed by atoms with Crippen molar-refractivity contribution in [3.63, 3.8) is 0 Å². The Kier molecular flexibility index (Phi) is 7.49. The van der Waals surface area contributed by atoms with Gasteiger partial charge in [-0.25, -0.2) is 0 Å². The molecule has 1 fully saturated rings. The van der Waals surface area contributed by atoms with Crippen molar-refractivity contribution in [3.8, 4) is 0 Å². The molecular formula is C17H37N3. The molecule has 0 amide bonds. The Hall–Kier alpha value is -0.120. The van der Waals surface area contributed by atoms with E-state index in [2.05, 4.69) is 56.7 Å². The van der Waals surface area contributed by atoms with Crippen molar-refractivity contribution >= 4 is 0 Å². The molecule has 1 saturated heterocycles. The van der Waals surface area contributed by atoms with Crippen LogP contribution in [0.25, 0.3) is 0 Å². The number of piperazine rings is 1. The van der Waals surface area contributed by atoms with Crippen LogP contribution in [0.2, 0.25) is 0 Å². The molecule has 0 radical (unpaired) electrons. The van der Waals surface area contributed by atoms with Crippen molar-refractivity contribution in [1.29, 1.82) is 0 Å². The van der Waals surface area contributed by atoms with Crippen LogP contribution >= 0.6 is 0 Å². The van der Waals surface area contributed by atoms with Gasteiger partial charge < -0.3 is 10.2 Å². The molecule has 0 aromatic carbocycles. The van der Waals surface area contributed by atoms with Crippen LogP contribution < -0.4 is 5.32 Å². The summed E-state index contributed by atoms with van der Waals surface area (Å²) >= 11 is 0. The Morgan fingerprint density at radius 3 is 2.10 bits per heavy atom. The monoisotopic (exact) mass is 283 g/mol. The number of hydrogen-bond acceptors (Lipinski definition) is 3. The van der Waals surface area contributed by atoms with Crippen molar-refractivity contribution in [2.45, 2.75) is 66.5 Å². The molecule has 2 atom stereocenters. The molecule has 20 heavy (non-hydrogen) atoms. The molecule has 0 aliphatic carbocycles. The fourth-order valence-electron chi connectivity index (χ4n) is 2.90. The van der Waals surface area contributed by atoms with Gasteiger partial charge in [-0.05, 0) is 25.2 Å². The zero-order valence-corrected chi connectivity index (χ0v) is 14.7. The lowest BCUT2D eigenvalue weighted by molar-refractivity contribution is 0.0682. The molecule has 3 nitrogen and oxygen atoms in total. The van der Waals surface area contributed by atoms with E-state index in [0.717, 1.165) is 12.6 Å². The molecule has 120 valence electrons. The molecule has 1 heterocycles. The first-order chi connectivity index (χ1) is 9.40. The van der Waals surface area contributed by atoms with Crippen molar-refractivity contribution in [2.24, 2.45) is 5.41 Å². The topological polar surface area (TPSA) is 18.5 Å². The fraction of sp³-hybridized carbons (Fsp3) is 1.00. The van der Waals surface area contributed by atoms with Crippen LogP contribution in [0.15, 0.2) is 0 Å². The second-order valence-corrected chi connectivity index (χ2v) is 7.27. The highest BCUT2D eigenvalue weighted by Crippen LogP contribution is 2.23. The Balaban J connectivity index is 2.40. The van der Waals surface area contributed by atoms with Gasteiger partial charge in [-0.3, -0.25) is 4.90 Å². The normalized spacial score (nSPS) is 22.9. The van der Waals surface area contributed by atoms with Gasteiger partial charge in [0.15, 0.2) is 0 Å². The summed E-state index contributed by atoms with van der Waals surface area (Å²) in [5.74, 6) is 0. The maximum atomic E-state index is 3.63. The van der Waals surface area contributed by atoms with Gasteiger partial charge in [-0.2, -0.15) is 0 Å². The van der Waals surface area contributed by atoms with Crippen LogP contribution in [0.5, 0.6) is 0 Å². The Morgan fingerprint density at radius 1 is 1.05 bits per heavy atom. The molecule has 1 aliphatic rings. The summed E-state index contributed by atoms with van der Waals surface area (Å²) in [6.07, 6.45) is 2.52. The molecule has 1 rings (SSSR count). The van der Waals surface area contributed by atoms with Crippen LogP contribution in [0.4, 0.5) is 0 Å². The standard InChI is InChI=1S/C17H37N3/c1-7-16(5)20-11-9-19(10-12-20)14-17(6,8-2)13-18-15(3)4/h15-16,18H,7-14H2,1-6H3. The smallest absolute Gasteiger partial charge is 0.0113 e. The van der Waals surface area contributed by atoms with Gasteiger partial charge in [0.1, 0.15) is 0 Å². The molecule has 2 unspecified atom stereocenters. The first kappa shape index (κ1) is 17.9. The highest BCUT2D eigenvalue weighted by molar-refractivity contribution is 4.84. The predicted molar refractivity (Wildman–Crippen MR) is 89.3 cm³/mol. The van der Waals surface area contributed by atoms with E-state index in [9.17, 15) is 0 Å². The summed E-state index contributed by atoms with van der Waals surface area (Å²) in [7, 11) is 0. The summed E-state index contributed by atoms with van der Waals surface area (Å²) < 4.78 is 0. The first-order valence-corrected chi connectivity index (χ1v) is 8.60. The Bertz CT molecular complexity index is 259. The van der Waals surface area contributed by atoms with Crippen LogP contribution in [-0.2, 0) is 0 Å². The minimum Gasteiger partial charge on any atom is -0.314 e. The van der Waals surface area contributed by atoms with Gasteiger partial charge in [0, 0.05) is 51.4 Å². The zero-order chi connectivity index (χ0) is 15.2. The quantitative estimate of drug-likeness (QED) is 0.739. The third-order valence-electron chi connectivity index (χ3n) is 5.02. The molecule has 1 N–H and O–H groups in total. The van der Waals surface area contributed by atoms with Crippen molar-refractivity contribution in [2.75, 3.05) is 39.3 Å². The van der Waals surface area contributed by atoms with Crippen LogP contribution in [-0.4, -0.2) is 61.2 Å². The average molecular weight is 284 g/mol. The third kappa shape index (κ3) is 5.71. The molecular weight excluding hydrogens is 246 g/mol. The maximum Gasteiger partial charge on any atom is 0.0113 e. The second-order valence-electron chi connectivity index (χ2n) is 7.27. The lowest BCUT2D eigenvalue weighted by Gasteiger charge is -2.42. The van der Waals surface area contributed by atoms with E-state index in [0.29, 0.717) is 11.5 Å². The lowest BCUT2D eigenvalue weighted by atomic mass is 9.86. The summed E-state index contributed by atoms with van der Waals surface area (Å²) in [5, 5.41) is 3.63. The van der Waals surface area contributed by atoms with E-state index in [1.54, 1.807) is 0 Å². The molecule has 1 aliphatic heterocycles. The van der Waals surface area contributed by atoms with E-state index < -0.39 is 0 Å². The molecule has 0 aromatic rings. The largest absolute Gasteiger partial charge is 0.314 e. The van der Waals surface area contributed by atoms with Crippen LogP contribution in [0.3, 0.4) is 0 Å². The Morgan fingerprint density at radius 2 is 1.65 bits per heavy atom. The van der Waals surface area contributed by atoms with Gasteiger partial charge in [0.25, 0.3) is 0 Å². The summed E-state index contributed by atoms with van der Waals surface area (Å²) in [4.78, 5) is 5.32. The molecule has 3 heteroatoms. The van der Waals surface area contributed by atoms with Crippen LogP contribution in [0, 0.1) is 5.41 Å². The number of nitrogens with zero attached hydrogens (tertiary/aromatic N) is 2. The fourth-order valence-corrected chi connectivity index (χ4v) is 2.90. The van der Waals surface area contributed by atoms with Gasteiger partial charge >= 0.3 is 0 Å². The van der Waals surface area contributed by atoms with E-state index in [1.807, 2.05) is 0 Å². The van der Waals surface area contributed by atoms with Crippen molar-refractivity contribution in [3.05, 3.63) is 0 Å². The third-order valence-corrected chi connectivity index (χ3v) is 5.02. The molecule has 0 spiro atoms. The van der Waals surface area contributed by atoms with E-state index in [4.69, 9.17) is 0 Å². The average Bonchev–Trinajstić information content (AvgIpc) is 2.45. The maximum absolute atomic E-state index is 3.63. The molecule has 0 bridgehead atoms. The summed E-state index contributed by atoms with van der Waals surface area (Å²) in [5.41, 5.74) is 0.406.